The van der Waals surface area contributed by atoms with E-state index in [2.05, 4.69) is 30.4 Å². The molecule has 0 fully saturated rings. The van der Waals surface area contributed by atoms with Crippen molar-refractivity contribution in [2.75, 3.05) is 6.54 Å². The molecule has 0 bridgehead atoms. The van der Waals surface area contributed by atoms with E-state index in [1.165, 1.54) is 0 Å². The van der Waals surface area contributed by atoms with Crippen LogP contribution in [0.4, 0.5) is 0 Å². The molecule has 0 aromatic heterocycles. The maximum absolute atomic E-state index is 6.36. The van der Waals surface area contributed by atoms with Crippen LogP contribution in [0.5, 0.6) is 5.75 Å². The molecular weight excluding hydrogens is 282 g/mol. The molecule has 2 nitrogen and oxygen atoms in total. The van der Waals surface area contributed by atoms with Gasteiger partial charge in [-0.25, -0.2) is 0 Å². The van der Waals surface area contributed by atoms with E-state index in [1.807, 2.05) is 44.2 Å². The molecule has 0 saturated heterocycles. The summed E-state index contributed by atoms with van der Waals surface area (Å²) < 4.78 is 5.79. The van der Waals surface area contributed by atoms with Crippen molar-refractivity contribution in [3.05, 3.63) is 64.7 Å². The molecule has 1 atom stereocenters. The van der Waals surface area contributed by atoms with E-state index >= 15 is 0 Å². The van der Waals surface area contributed by atoms with Gasteiger partial charge in [-0.1, -0.05) is 48.9 Å². The summed E-state index contributed by atoms with van der Waals surface area (Å²) in [5.74, 6) is 0.887. The minimum atomic E-state index is 0.0689. The predicted octanol–water partition coefficient (Wildman–Crippen LogP) is 4.83. The Morgan fingerprint density at radius 1 is 1.10 bits per heavy atom. The van der Waals surface area contributed by atoms with Crippen LogP contribution in [0.2, 0.25) is 5.02 Å². The molecule has 2 aromatic rings. The number of halogens is 1. The van der Waals surface area contributed by atoms with Crippen LogP contribution in [-0.2, 0) is 0 Å². The number of hydrogen-bond acceptors (Lipinski definition) is 2. The number of rotatable bonds is 6. The van der Waals surface area contributed by atoms with Crippen LogP contribution in [0.3, 0.4) is 0 Å². The molecule has 3 heteroatoms. The fraction of sp³-hybridized carbons (Fsp3) is 0.333. The highest BCUT2D eigenvalue weighted by Gasteiger charge is 2.16. The average molecular weight is 304 g/mol. The van der Waals surface area contributed by atoms with Gasteiger partial charge in [-0.15, -0.1) is 0 Å². The number of benzene rings is 2. The third kappa shape index (κ3) is 4.23. The van der Waals surface area contributed by atoms with Gasteiger partial charge in [-0.2, -0.15) is 0 Å². The lowest BCUT2D eigenvalue weighted by atomic mass is 9.98. The highest BCUT2D eigenvalue weighted by molar-refractivity contribution is 6.31. The van der Waals surface area contributed by atoms with Crippen LogP contribution in [0.15, 0.2) is 48.5 Å². The molecule has 0 saturated carbocycles. The molecule has 0 amide bonds. The predicted molar refractivity (Wildman–Crippen MR) is 89.2 cm³/mol. The van der Waals surface area contributed by atoms with Crippen molar-refractivity contribution < 1.29 is 4.74 Å². The lowest BCUT2D eigenvalue weighted by Gasteiger charge is -2.21. The van der Waals surface area contributed by atoms with Gasteiger partial charge in [-0.05, 0) is 49.7 Å². The molecule has 21 heavy (non-hydrogen) atoms. The Morgan fingerprint density at radius 2 is 1.86 bits per heavy atom. The smallest absolute Gasteiger partial charge is 0.120 e. The van der Waals surface area contributed by atoms with E-state index in [0.29, 0.717) is 0 Å². The highest BCUT2D eigenvalue weighted by atomic mass is 35.5. The minimum absolute atomic E-state index is 0.0689. The zero-order chi connectivity index (χ0) is 15.2. The summed E-state index contributed by atoms with van der Waals surface area (Å²) in [7, 11) is 0. The Bertz CT molecular complexity index is 583. The van der Waals surface area contributed by atoms with Gasteiger partial charge in [0.1, 0.15) is 5.75 Å². The van der Waals surface area contributed by atoms with Gasteiger partial charge < -0.3 is 10.1 Å². The van der Waals surface area contributed by atoms with Crippen LogP contribution in [0.1, 0.15) is 37.9 Å². The van der Waals surface area contributed by atoms with Crippen molar-refractivity contribution in [1.29, 1.82) is 0 Å². The van der Waals surface area contributed by atoms with Crippen molar-refractivity contribution in [3.8, 4) is 5.75 Å². The molecule has 0 heterocycles. The molecule has 2 rings (SSSR count). The van der Waals surface area contributed by atoms with Gasteiger partial charge in [0.15, 0.2) is 0 Å². The normalized spacial score (nSPS) is 12.4. The van der Waals surface area contributed by atoms with E-state index < -0.39 is 0 Å². The van der Waals surface area contributed by atoms with Crippen molar-refractivity contribution in [2.45, 2.75) is 32.9 Å². The van der Waals surface area contributed by atoms with Crippen LogP contribution < -0.4 is 10.1 Å². The monoisotopic (exact) mass is 303 g/mol. The first-order chi connectivity index (χ1) is 10.1. The fourth-order valence-corrected chi connectivity index (χ4v) is 2.61. The van der Waals surface area contributed by atoms with Gasteiger partial charge in [0, 0.05) is 5.02 Å². The Balaban J connectivity index is 2.36. The van der Waals surface area contributed by atoms with Crippen molar-refractivity contribution in [3.63, 3.8) is 0 Å². The van der Waals surface area contributed by atoms with Crippen LogP contribution in [0, 0.1) is 0 Å². The maximum Gasteiger partial charge on any atom is 0.120 e. The minimum Gasteiger partial charge on any atom is -0.491 e. The molecular formula is C18H22ClNO. The first-order valence-corrected chi connectivity index (χ1v) is 7.74. The molecule has 0 aliphatic heterocycles. The summed E-state index contributed by atoms with van der Waals surface area (Å²) in [6.45, 7) is 7.02. The summed E-state index contributed by atoms with van der Waals surface area (Å²) in [4.78, 5) is 0. The van der Waals surface area contributed by atoms with Crippen LogP contribution in [-0.4, -0.2) is 12.6 Å². The lowest BCUT2D eigenvalue weighted by Crippen LogP contribution is -2.22. The van der Waals surface area contributed by atoms with E-state index in [4.69, 9.17) is 16.3 Å². The number of ether oxygens (including phenoxy) is 1. The first kappa shape index (κ1) is 15.9. The summed E-state index contributed by atoms with van der Waals surface area (Å²) >= 11 is 6.36. The van der Waals surface area contributed by atoms with Gasteiger partial charge in [0.2, 0.25) is 0 Å². The molecule has 112 valence electrons. The van der Waals surface area contributed by atoms with Crippen molar-refractivity contribution >= 4 is 11.6 Å². The second-order valence-electron chi connectivity index (χ2n) is 5.25. The molecule has 0 spiro atoms. The van der Waals surface area contributed by atoms with Crippen LogP contribution >= 0.6 is 11.6 Å². The maximum atomic E-state index is 6.36. The quantitative estimate of drug-likeness (QED) is 0.825. The molecule has 1 unspecified atom stereocenters. The van der Waals surface area contributed by atoms with E-state index in [1.54, 1.807) is 0 Å². The van der Waals surface area contributed by atoms with Crippen LogP contribution in [0.25, 0.3) is 0 Å². The summed E-state index contributed by atoms with van der Waals surface area (Å²) in [5.41, 5.74) is 2.24. The zero-order valence-electron chi connectivity index (χ0n) is 12.8. The van der Waals surface area contributed by atoms with Crippen molar-refractivity contribution in [1.82, 2.24) is 5.32 Å². The average Bonchev–Trinajstić information content (AvgIpc) is 2.45. The Morgan fingerprint density at radius 3 is 2.52 bits per heavy atom. The first-order valence-electron chi connectivity index (χ1n) is 7.36. The Hall–Kier alpha value is -1.51. The second kappa shape index (κ2) is 7.48. The van der Waals surface area contributed by atoms with Gasteiger partial charge in [0.05, 0.1) is 12.1 Å². The summed E-state index contributed by atoms with van der Waals surface area (Å²) in [5, 5.41) is 4.27. The molecule has 0 aliphatic carbocycles. The summed E-state index contributed by atoms with van der Waals surface area (Å²) in [6.07, 6.45) is 0.165. The highest BCUT2D eigenvalue weighted by Crippen LogP contribution is 2.30. The molecule has 0 radical (unpaired) electrons. The largest absolute Gasteiger partial charge is 0.491 e. The number of nitrogens with one attached hydrogen (secondary N) is 1. The topological polar surface area (TPSA) is 21.3 Å². The lowest BCUT2D eigenvalue weighted by molar-refractivity contribution is 0.242. The number of hydrogen-bond donors (Lipinski definition) is 1. The van der Waals surface area contributed by atoms with Gasteiger partial charge in [-0.3, -0.25) is 0 Å². The van der Waals surface area contributed by atoms with E-state index in [9.17, 15) is 0 Å². The molecule has 0 aliphatic rings. The molecule has 1 N–H and O–H groups in total. The standard InChI is InChI=1S/C18H22ClNO/c1-4-20-18(16-10-5-6-11-17(16)19)14-8-7-9-15(12-14)21-13(2)3/h5-13,18,20H,4H2,1-3H3. The molecule has 2 aromatic carbocycles. The Kier molecular flexibility index (Phi) is 5.66. The zero-order valence-corrected chi connectivity index (χ0v) is 13.5. The Labute approximate surface area is 132 Å². The van der Waals surface area contributed by atoms with Gasteiger partial charge >= 0.3 is 0 Å². The van der Waals surface area contributed by atoms with Gasteiger partial charge in [0.25, 0.3) is 0 Å². The van der Waals surface area contributed by atoms with Crippen molar-refractivity contribution in [2.24, 2.45) is 0 Å². The van der Waals surface area contributed by atoms with E-state index in [-0.39, 0.29) is 12.1 Å². The second-order valence-corrected chi connectivity index (χ2v) is 5.66. The van der Waals surface area contributed by atoms with E-state index in [0.717, 1.165) is 28.4 Å². The third-order valence-corrected chi connectivity index (χ3v) is 3.53. The SMILES string of the molecule is CCNC(c1cccc(OC(C)C)c1)c1ccccc1Cl. The third-order valence-electron chi connectivity index (χ3n) is 3.19. The summed E-state index contributed by atoms with van der Waals surface area (Å²) in [6, 6.07) is 16.2. The fourth-order valence-electron chi connectivity index (χ4n) is 2.36.